The Morgan fingerprint density at radius 3 is 1.26 bits per heavy atom. The van der Waals surface area contributed by atoms with E-state index in [1.165, 1.54) is 12.1 Å². The van der Waals surface area contributed by atoms with E-state index >= 15 is 0 Å². The SMILES string of the molecule is C.C.C.CCCC(=O)CC(=O)C(=O)OCC.CCCC(C)=O.CCCc1cc(C(=O)OCC)n[nH]1.CO.COCCO.Cl.Cl.NN.O.O.O=S(=O)(O)O.O=[N+]([O-])O.[2H]C([2H])([2H])S(=O)(O)(OO)C([2H])([2H])[2H].[2H]C([2H])([2H])n1nc(CCC)c([N+](=O)[O-])c1C(=O)O.[2H]C([2H])([2H])n1nc(CCC)c([N+](=O)[O-])c1C(N)=O.[2H]C([2H])([2H])n1nc(CCC)cc1C(=O)O.[2H]C([2H])([2H])n1nc(CCC)cc1C(=O)OCC. The van der Waals surface area contributed by atoms with Gasteiger partial charge in [0.2, 0.25) is 17.2 Å². The van der Waals surface area contributed by atoms with Crippen LogP contribution in [0.2, 0.25) is 0 Å². The normalized spacial score (nSPS) is 12.3. The standard InChI is InChI=1S/C10H16N2O2.C9H14N2O2.C9H14O4.C8H12N4O3.C8H11N3O4.C8H12N2O2.C5H10O.C3H8O2.C2H8O4S.CH4O.3CH4.2ClH.H4N2.HNO3.H2O4S.2H2O/c1-4-6-8-7-9(12(3)11-8)10(13)14-5-2;1-3-5-7-6-8(11-10-7)9(12)13-4-2;1-3-5-7(10)6-8(11)9(12)13-4-2;1-3-4-5-6(12(14)15)7(8(9)13)11(2)10-5;1-3-4-5-6(11(14)15)7(8(12)13)10(2)9-5;1-3-4-6-5-7(8(11)12)10(2)9-6;1-3-4-5(2)6;1-5-3-2-4;1-7(2,4,5)6-3;1-2;;;;;;1-2;2-1(3)4;1-5(2,3)4;;/h7H,4-6H2,1-3H3;6H,3-5H2,1-2H3,(H,10,11);3-6H2,1-2H3;3-4H2,1-2H3,(H2,9,13);3-4H2,1-2H3,(H,12,13);5H,3-4H2,1-2H3,(H,11,12);3-4H2,1-2H3;4H,2-3H2,1H3;3H,1-2H3,(H,4,5);2H,1H3;3*1H4;2*1H;1-2H2;(H,2,3,4);(H2,1,2,3,4);2*1H2/i3D3;;;3*2D3;;;1D3,2D3;;;;;;;;;;;. The molecule has 5 rings (SSSR count). The number of aromatic carboxylic acids is 2. The fourth-order valence-corrected chi connectivity index (χ4v) is 6.98. The Morgan fingerprint density at radius 1 is 0.608 bits per heavy atom. The molecule has 0 atom stereocenters. The van der Waals surface area contributed by atoms with Gasteiger partial charge in [-0.25, -0.2) is 33.4 Å². The molecule has 54 heteroatoms. The van der Waals surface area contributed by atoms with Crippen LogP contribution in [0.3, 0.4) is 0 Å². The lowest BCUT2D eigenvalue weighted by molar-refractivity contribution is -0.742. The van der Waals surface area contributed by atoms with Crippen molar-refractivity contribution in [2.24, 2.45) is 45.3 Å². The Bertz CT molecular complexity index is 4410. The van der Waals surface area contributed by atoms with Crippen LogP contribution in [-0.2, 0) is 122 Å². The van der Waals surface area contributed by atoms with Gasteiger partial charge in [-0.1, -0.05) is 103 Å². The maximum Gasteiger partial charge on any atom is 0.394 e. The maximum atomic E-state index is 11.6. The molecular weight excluding hydrogens is 1700 g/mol. The number of nitro groups is 2. The number of H-pyrrole nitrogens is 1. The number of primary amides is 1. The molecule has 0 bridgehead atoms. The van der Waals surface area contributed by atoms with E-state index in [0.29, 0.717) is 78.2 Å². The number of aryl methyl sites for hydroxylation is 9. The summed E-state index contributed by atoms with van der Waals surface area (Å²) >= 11 is 0. The third-order valence-corrected chi connectivity index (χ3v) is 11.2. The van der Waals surface area contributed by atoms with Crippen LogP contribution in [-0.4, -0.2) is 245 Å². The number of nitrogens with one attached hydrogen (secondary N) is 1. The van der Waals surface area contributed by atoms with Crippen LogP contribution in [0, 0.1) is 30.3 Å². The van der Waals surface area contributed by atoms with Crippen molar-refractivity contribution in [3.63, 3.8) is 0 Å². The van der Waals surface area contributed by atoms with Gasteiger partial charge in [0, 0.05) is 97.7 Å². The van der Waals surface area contributed by atoms with Gasteiger partial charge >= 0.3 is 51.6 Å². The highest BCUT2D eigenvalue weighted by Gasteiger charge is 2.31. The van der Waals surface area contributed by atoms with Crippen LogP contribution in [0.15, 0.2) is 18.2 Å². The third-order valence-electron chi connectivity index (χ3n) is 10.9. The van der Waals surface area contributed by atoms with E-state index in [0.717, 1.165) is 56.0 Å². The number of ketones is 3. The van der Waals surface area contributed by atoms with Crippen molar-refractivity contribution < 1.29 is 174 Å². The van der Waals surface area contributed by atoms with E-state index in [4.69, 9.17) is 103 Å². The molecule has 0 aromatic carbocycles. The Hall–Kier alpha value is -9.92. The number of hydrogen-bond donors (Lipinski definition) is 13. The zero-order chi connectivity index (χ0) is 105. The number of aromatic nitrogens is 10. The molecule has 708 valence electrons. The summed E-state index contributed by atoms with van der Waals surface area (Å²) in [7, 11) is -8.64. The number of carboxylic acids is 2. The number of carbonyl (C=O) groups excluding carboxylic acids is 7. The Balaban J connectivity index is -0.0000000940. The van der Waals surface area contributed by atoms with Gasteiger partial charge in [0.05, 0.1) is 60.7 Å². The van der Waals surface area contributed by atoms with Crippen LogP contribution < -0.4 is 17.4 Å². The number of hydrazine groups is 1. The van der Waals surface area contributed by atoms with E-state index in [1.54, 1.807) is 54.7 Å². The lowest BCUT2D eigenvalue weighted by Crippen LogP contribution is -2.29. The molecule has 20 N–H and O–H groups in total. The molecule has 0 aliphatic heterocycles. The molecule has 120 heavy (non-hydrogen) atoms. The van der Waals surface area contributed by atoms with Gasteiger partial charge in [0.15, 0.2) is 5.69 Å². The number of aromatic amines is 1. The number of aliphatic hydroxyl groups excluding tert-OH is 2. The predicted octanol–water partition coefficient (Wildman–Crippen LogP) is 5.87. The molecule has 5 aromatic rings. The number of carbonyl (C=O) groups is 9. The van der Waals surface area contributed by atoms with Gasteiger partial charge in [0.25, 0.3) is 11.0 Å². The number of rotatable bonds is 30. The number of aliphatic hydroxyl groups is 2. The zero-order valence-corrected chi connectivity index (χ0v) is 69.3. The van der Waals surface area contributed by atoms with Gasteiger partial charge in [-0.2, -0.15) is 33.9 Å². The highest BCUT2D eigenvalue weighted by Crippen LogP contribution is 2.25. The first-order valence-corrected chi connectivity index (χ1v) is 35.8. The highest BCUT2D eigenvalue weighted by molar-refractivity contribution is 8.09. The van der Waals surface area contributed by atoms with Crippen molar-refractivity contribution in [1.29, 1.82) is 0 Å². The van der Waals surface area contributed by atoms with E-state index in [9.17, 15) is 67.6 Å². The summed E-state index contributed by atoms with van der Waals surface area (Å²) in [6.45, 7) is 10.6. The van der Waals surface area contributed by atoms with Crippen LogP contribution in [0.25, 0.3) is 0 Å². The maximum absolute atomic E-state index is 11.6. The number of esters is 3. The van der Waals surface area contributed by atoms with Gasteiger partial charge in [-0.3, -0.25) is 79.2 Å². The van der Waals surface area contributed by atoms with Crippen molar-refractivity contribution in [3.05, 3.63) is 105 Å². The number of Topliss-reactive ketones (excluding diaryl/α,β-unsaturated/α-hetero) is 3. The number of methoxy groups -OCH3 is 1. The topological polar surface area (TPSA) is 804 Å². The Labute approximate surface area is 736 Å². The number of hydrogen-bond acceptors (Lipinski definition) is 33. The second-order valence-electron chi connectivity index (χ2n) is 20.3. The van der Waals surface area contributed by atoms with E-state index in [1.807, 2.05) is 27.7 Å². The van der Waals surface area contributed by atoms with Crippen molar-refractivity contribution in [1.82, 2.24) is 49.3 Å². The number of halogens is 2. The summed E-state index contributed by atoms with van der Waals surface area (Å²) in [5.74, 6) is 1.26. The first kappa shape index (κ1) is 102. The molecule has 5 heterocycles. The van der Waals surface area contributed by atoms with Crippen LogP contribution in [0.4, 0.5) is 11.4 Å². The molecule has 0 aliphatic carbocycles. The van der Waals surface area contributed by atoms with Crippen molar-refractivity contribution in [2.45, 2.75) is 195 Å². The van der Waals surface area contributed by atoms with Crippen molar-refractivity contribution in [2.75, 3.05) is 59.6 Å². The minimum atomic E-state index is -6.53. The molecule has 50 nitrogen and oxygen atoms in total. The van der Waals surface area contributed by atoms with Crippen LogP contribution >= 0.6 is 24.8 Å². The van der Waals surface area contributed by atoms with Crippen LogP contribution in [0.1, 0.15) is 268 Å². The molecule has 1 amide bonds. The first-order chi connectivity index (χ1) is 59.8. The fraction of sp³-hybridized carbons (Fsp3) is 0.636. The quantitative estimate of drug-likeness (QED) is 0.00294. The largest absolute Gasteiger partial charge is 0.477 e. The lowest BCUT2D eigenvalue weighted by Gasteiger charge is -2.20. The second-order valence-corrected chi connectivity index (χ2v) is 23.0. The van der Waals surface area contributed by atoms with E-state index < -0.39 is 134 Å². The summed E-state index contributed by atoms with van der Waals surface area (Å²) in [6.07, 6.45) is 0.831. The molecule has 0 saturated carbocycles. The fourth-order valence-electron chi connectivity index (χ4n) is 6.98. The third kappa shape index (κ3) is 76.7. The van der Waals surface area contributed by atoms with Gasteiger partial charge in [0.1, 0.15) is 44.0 Å². The second kappa shape index (κ2) is 82.8. The molecule has 5 aromatic heterocycles. The number of amides is 1. The van der Waals surface area contributed by atoms with Gasteiger partial charge in [-0.15, -0.1) is 39.3 Å². The van der Waals surface area contributed by atoms with Gasteiger partial charge in [-0.05, 0) is 90.8 Å². The summed E-state index contributed by atoms with van der Waals surface area (Å²) in [4.78, 5) is 127. The van der Waals surface area contributed by atoms with Crippen molar-refractivity contribution in [3.8, 4) is 0 Å². The van der Waals surface area contributed by atoms with E-state index in [-0.39, 0.29) is 142 Å². The minimum absolute atomic E-state index is 0. The number of ether oxygens (including phenoxy) is 4. The lowest BCUT2D eigenvalue weighted by atomic mass is 10.1. The number of carboxylic acid groups (broad SMARTS) is 2. The van der Waals surface area contributed by atoms with E-state index in [2.05, 4.69) is 63.0 Å². The molecule has 0 fully saturated rings. The van der Waals surface area contributed by atoms with Crippen LogP contribution in [0.5, 0.6) is 0 Å². The Kier molecular flexibility index (Phi) is 70.6. The minimum Gasteiger partial charge on any atom is -0.477 e. The summed E-state index contributed by atoms with van der Waals surface area (Å²) in [6, 6.07) is 4.52. The Morgan fingerprint density at radius 2 is 0.983 bits per heavy atom. The number of nitrogens with two attached hydrogens (primary N) is 3. The summed E-state index contributed by atoms with van der Waals surface area (Å²) in [5.41, 5.74) is 3.96. The zero-order valence-electron chi connectivity index (χ0n) is 84.0. The first-order valence-electron chi connectivity index (χ1n) is 41.6. The average molecular weight is 1850 g/mol. The molecule has 0 unspecified atom stereocenters. The molecule has 0 saturated heterocycles. The highest BCUT2D eigenvalue weighted by atomic mass is 35.5. The van der Waals surface area contributed by atoms with Crippen molar-refractivity contribution >= 4 is 109 Å². The monoisotopic (exact) mass is 1850 g/mol. The molecular formula is C66H134Cl2N16O34S2. The molecule has 0 spiro atoms. The molecule has 0 radical (unpaired) electrons. The summed E-state index contributed by atoms with van der Waals surface area (Å²) < 4.78 is 200. The predicted molar refractivity (Wildman–Crippen MR) is 448 cm³/mol. The summed E-state index contributed by atoms with van der Waals surface area (Å²) in [5, 5.41) is 97.6. The number of nitrogens with zero attached hydrogens (tertiary/aromatic N) is 12. The van der Waals surface area contributed by atoms with Gasteiger partial charge < -0.3 is 70.6 Å². The molecule has 0 aliphatic rings. The average Bonchev–Trinajstić information content (AvgIpc) is 1.29. The smallest absolute Gasteiger partial charge is 0.394 e.